The molecule has 6 nitrogen and oxygen atoms in total. The molecule has 31 heavy (non-hydrogen) atoms. The Morgan fingerprint density at radius 1 is 1.29 bits per heavy atom. The van der Waals surface area contributed by atoms with E-state index in [1.165, 1.54) is 0 Å². The normalized spacial score (nSPS) is 16.5. The number of amides is 1. The fraction of sp³-hybridized carbons (Fsp3) is 0.391. The van der Waals surface area contributed by atoms with Crippen molar-refractivity contribution in [2.45, 2.75) is 26.3 Å². The highest BCUT2D eigenvalue weighted by atomic mass is 79.9. The van der Waals surface area contributed by atoms with E-state index in [2.05, 4.69) is 15.9 Å². The van der Waals surface area contributed by atoms with Crippen molar-refractivity contribution in [2.75, 3.05) is 26.8 Å². The van der Waals surface area contributed by atoms with Gasteiger partial charge in [-0.1, -0.05) is 18.2 Å². The van der Waals surface area contributed by atoms with Crippen molar-refractivity contribution in [1.29, 1.82) is 0 Å². The van der Waals surface area contributed by atoms with E-state index in [1.807, 2.05) is 40.3 Å². The maximum atomic E-state index is 13.6. The number of hydrogen-bond acceptors (Lipinski definition) is 5. The Labute approximate surface area is 193 Å². The summed E-state index contributed by atoms with van der Waals surface area (Å²) < 4.78 is 14.8. The minimum Gasteiger partial charge on any atom is -0.496 e. The second kappa shape index (κ2) is 9.44. The molecule has 2 aromatic heterocycles. The largest absolute Gasteiger partial charge is 0.496 e. The molecule has 0 radical (unpaired) electrons. The highest BCUT2D eigenvalue weighted by molar-refractivity contribution is 9.10. The number of carbonyl (C=O) groups excluding carboxylic acids is 2. The van der Waals surface area contributed by atoms with E-state index in [1.54, 1.807) is 30.3 Å². The second-order valence-electron chi connectivity index (χ2n) is 7.57. The molecule has 1 fully saturated rings. The number of rotatable bonds is 6. The van der Waals surface area contributed by atoms with E-state index in [9.17, 15) is 9.59 Å². The smallest absolute Gasteiger partial charge is 0.310 e. The van der Waals surface area contributed by atoms with E-state index in [0.29, 0.717) is 31.9 Å². The van der Waals surface area contributed by atoms with Gasteiger partial charge in [0.05, 0.1) is 40.9 Å². The number of hydrogen-bond donors (Lipinski definition) is 0. The van der Waals surface area contributed by atoms with Gasteiger partial charge in [0.25, 0.3) is 5.91 Å². The van der Waals surface area contributed by atoms with E-state index in [4.69, 9.17) is 9.47 Å². The average molecular weight is 505 g/mol. The van der Waals surface area contributed by atoms with Gasteiger partial charge in [0.2, 0.25) is 0 Å². The lowest BCUT2D eigenvalue weighted by Crippen LogP contribution is -2.43. The third-order valence-electron chi connectivity index (χ3n) is 5.65. The maximum absolute atomic E-state index is 13.6. The minimum atomic E-state index is -0.261. The summed E-state index contributed by atoms with van der Waals surface area (Å²) in [5, 5.41) is 2.04. The lowest BCUT2D eigenvalue weighted by atomic mass is 9.98. The van der Waals surface area contributed by atoms with Gasteiger partial charge in [0.15, 0.2) is 0 Å². The van der Waals surface area contributed by atoms with E-state index < -0.39 is 0 Å². The van der Waals surface area contributed by atoms with Gasteiger partial charge in [-0.05, 0) is 47.8 Å². The Morgan fingerprint density at radius 2 is 2.10 bits per heavy atom. The van der Waals surface area contributed by atoms with Crippen LogP contribution in [0.15, 0.2) is 40.2 Å². The van der Waals surface area contributed by atoms with Gasteiger partial charge in [0.1, 0.15) is 11.4 Å². The van der Waals surface area contributed by atoms with Crippen LogP contribution in [-0.2, 0) is 16.1 Å². The molecule has 0 saturated carbocycles. The second-order valence-corrected chi connectivity index (χ2v) is 9.33. The number of aromatic nitrogens is 1. The molecule has 1 amide bonds. The number of esters is 1. The predicted molar refractivity (Wildman–Crippen MR) is 125 cm³/mol. The number of likely N-dealkylation sites (tertiary alicyclic amines) is 1. The third-order valence-corrected chi connectivity index (χ3v) is 7.47. The van der Waals surface area contributed by atoms with Gasteiger partial charge in [-0.2, -0.15) is 0 Å². The van der Waals surface area contributed by atoms with Crippen LogP contribution in [0.25, 0.3) is 10.2 Å². The molecule has 8 heteroatoms. The highest BCUT2D eigenvalue weighted by Crippen LogP contribution is 2.35. The van der Waals surface area contributed by atoms with Gasteiger partial charge >= 0.3 is 5.97 Å². The third kappa shape index (κ3) is 4.36. The van der Waals surface area contributed by atoms with E-state index in [-0.39, 0.29) is 17.8 Å². The number of fused-ring (bicyclic) bond motifs is 1. The number of methoxy groups -OCH3 is 1. The number of thiophene rings is 1. The number of carbonyl (C=O) groups is 2. The molecule has 0 spiro atoms. The molecule has 1 saturated heterocycles. The Kier molecular flexibility index (Phi) is 6.67. The summed E-state index contributed by atoms with van der Waals surface area (Å²) in [6.07, 6.45) is 1.55. The Hall–Kier alpha value is -2.32. The van der Waals surface area contributed by atoms with Crippen molar-refractivity contribution in [3.8, 4) is 5.75 Å². The van der Waals surface area contributed by atoms with Crippen molar-refractivity contribution in [1.82, 2.24) is 9.47 Å². The summed E-state index contributed by atoms with van der Waals surface area (Å²) in [7, 11) is 1.65. The molecule has 0 N–H and O–H groups in total. The van der Waals surface area contributed by atoms with Gasteiger partial charge in [-0.25, -0.2) is 0 Å². The molecule has 3 aromatic rings. The fourth-order valence-corrected chi connectivity index (χ4v) is 5.85. The van der Waals surface area contributed by atoms with Crippen LogP contribution in [0, 0.1) is 5.92 Å². The standard InChI is InChI=1S/C23H25BrN2O4S/c1-3-30-23(28)16-8-6-10-25(12-16)22(27)18-11-20-21(17(24)14-31-20)26(18)13-15-7-4-5-9-19(15)29-2/h4-5,7,9,11,14,16H,3,6,8,10,12-13H2,1-2H3/t16-/m1/s1. The summed E-state index contributed by atoms with van der Waals surface area (Å²) in [6, 6.07) is 9.79. The van der Waals surface area contributed by atoms with Crippen molar-refractivity contribution in [2.24, 2.45) is 5.92 Å². The summed E-state index contributed by atoms with van der Waals surface area (Å²) >= 11 is 5.25. The number of para-hydroxylation sites is 1. The lowest BCUT2D eigenvalue weighted by Gasteiger charge is -2.31. The molecule has 0 aliphatic carbocycles. The van der Waals surface area contributed by atoms with Crippen LogP contribution in [0.4, 0.5) is 0 Å². The summed E-state index contributed by atoms with van der Waals surface area (Å²) in [5.74, 6) is 0.255. The van der Waals surface area contributed by atoms with Gasteiger partial charge < -0.3 is 18.9 Å². The Bertz CT molecular complexity index is 1110. The van der Waals surface area contributed by atoms with Crippen molar-refractivity contribution in [3.63, 3.8) is 0 Å². The molecule has 164 valence electrons. The van der Waals surface area contributed by atoms with Crippen LogP contribution in [0.1, 0.15) is 35.8 Å². The first-order chi connectivity index (χ1) is 15.0. The molecule has 1 aromatic carbocycles. The van der Waals surface area contributed by atoms with Crippen LogP contribution >= 0.6 is 27.3 Å². The zero-order valence-corrected chi connectivity index (χ0v) is 20.0. The number of piperidine rings is 1. The van der Waals surface area contributed by atoms with Crippen molar-refractivity contribution < 1.29 is 19.1 Å². The zero-order chi connectivity index (χ0) is 22.0. The molecule has 0 bridgehead atoms. The van der Waals surface area contributed by atoms with Crippen LogP contribution < -0.4 is 4.74 Å². The lowest BCUT2D eigenvalue weighted by molar-refractivity contribution is -0.149. The monoisotopic (exact) mass is 504 g/mol. The van der Waals surface area contributed by atoms with Crippen LogP contribution in [0.2, 0.25) is 0 Å². The molecule has 1 aliphatic rings. The Balaban J connectivity index is 1.68. The Morgan fingerprint density at radius 3 is 2.87 bits per heavy atom. The minimum absolute atomic E-state index is 0.0563. The quantitative estimate of drug-likeness (QED) is 0.446. The summed E-state index contributed by atoms with van der Waals surface area (Å²) in [5.41, 5.74) is 2.62. The van der Waals surface area contributed by atoms with Gasteiger partial charge in [-0.15, -0.1) is 11.3 Å². The first kappa shape index (κ1) is 21.9. The van der Waals surface area contributed by atoms with Crippen LogP contribution in [0.5, 0.6) is 5.75 Å². The van der Waals surface area contributed by atoms with Crippen molar-refractivity contribution in [3.05, 3.63) is 51.4 Å². The molecular weight excluding hydrogens is 480 g/mol. The molecular formula is C23H25BrN2O4S. The molecule has 3 heterocycles. The number of nitrogens with zero attached hydrogens (tertiary/aromatic N) is 2. The SMILES string of the molecule is CCOC(=O)[C@@H]1CCCN(C(=O)c2cc3scc(Br)c3n2Cc2ccccc2OC)C1. The number of benzene rings is 1. The highest BCUT2D eigenvalue weighted by Gasteiger charge is 2.31. The van der Waals surface area contributed by atoms with Crippen molar-refractivity contribution >= 4 is 49.4 Å². The van der Waals surface area contributed by atoms with E-state index in [0.717, 1.165) is 38.8 Å². The zero-order valence-electron chi connectivity index (χ0n) is 17.6. The van der Waals surface area contributed by atoms with Crippen LogP contribution in [0.3, 0.4) is 0 Å². The summed E-state index contributed by atoms with van der Waals surface area (Å²) in [4.78, 5) is 27.6. The number of halogens is 1. The van der Waals surface area contributed by atoms with Gasteiger partial charge in [0, 0.05) is 24.0 Å². The number of ether oxygens (including phenoxy) is 2. The molecule has 1 atom stereocenters. The summed E-state index contributed by atoms with van der Waals surface area (Å²) in [6.45, 7) is 3.71. The molecule has 1 aliphatic heterocycles. The molecule has 0 unspecified atom stereocenters. The predicted octanol–water partition coefficient (Wildman–Crippen LogP) is 4.94. The molecule has 4 rings (SSSR count). The average Bonchev–Trinajstić information content (AvgIpc) is 3.34. The van der Waals surface area contributed by atoms with Crippen LogP contribution in [-0.4, -0.2) is 48.1 Å². The fourth-order valence-electron chi connectivity index (χ4n) is 4.15. The first-order valence-corrected chi connectivity index (χ1v) is 12.0. The first-order valence-electron chi connectivity index (χ1n) is 10.4. The van der Waals surface area contributed by atoms with E-state index >= 15 is 0 Å². The topological polar surface area (TPSA) is 60.8 Å². The van der Waals surface area contributed by atoms with Gasteiger partial charge in [-0.3, -0.25) is 9.59 Å². The maximum Gasteiger partial charge on any atom is 0.310 e.